The Balaban J connectivity index is 2.32. The fourth-order valence-electron chi connectivity index (χ4n) is 1.14. The van der Waals surface area contributed by atoms with Gasteiger partial charge in [0.25, 0.3) is 0 Å². The average molecular weight is 148 g/mol. The molecule has 1 aliphatic rings. The van der Waals surface area contributed by atoms with Crippen LogP contribution < -0.4 is 0 Å². The van der Waals surface area contributed by atoms with Gasteiger partial charge in [-0.2, -0.15) is 0 Å². The fourth-order valence-corrected chi connectivity index (χ4v) is 1.14. The van der Waals surface area contributed by atoms with Crippen LogP contribution in [0.1, 0.15) is 12.8 Å². The van der Waals surface area contributed by atoms with Crippen LogP contribution in [0.5, 0.6) is 0 Å². The SMILES string of the molecule is COCC1(F)CCOCC1. The maximum atomic E-state index is 13.4. The number of halogens is 1. The molecule has 10 heavy (non-hydrogen) atoms. The van der Waals surface area contributed by atoms with E-state index < -0.39 is 5.67 Å². The Morgan fingerprint density at radius 2 is 2.10 bits per heavy atom. The van der Waals surface area contributed by atoms with Crippen molar-refractivity contribution in [3.63, 3.8) is 0 Å². The monoisotopic (exact) mass is 148 g/mol. The Bertz CT molecular complexity index is 94.3. The van der Waals surface area contributed by atoms with Gasteiger partial charge in [-0.15, -0.1) is 0 Å². The van der Waals surface area contributed by atoms with E-state index in [9.17, 15) is 4.39 Å². The largest absolute Gasteiger partial charge is 0.381 e. The summed E-state index contributed by atoms with van der Waals surface area (Å²) < 4.78 is 23.1. The molecule has 1 heterocycles. The number of rotatable bonds is 2. The van der Waals surface area contributed by atoms with E-state index >= 15 is 0 Å². The molecular formula is C7H13FO2. The second-order valence-electron chi connectivity index (χ2n) is 2.70. The van der Waals surface area contributed by atoms with E-state index in [1.54, 1.807) is 0 Å². The third-order valence-electron chi connectivity index (χ3n) is 1.79. The van der Waals surface area contributed by atoms with Crippen LogP contribution in [0.3, 0.4) is 0 Å². The van der Waals surface area contributed by atoms with Crippen LogP contribution in [-0.2, 0) is 9.47 Å². The highest BCUT2D eigenvalue weighted by molar-refractivity contribution is 4.80. The molecule has 1 saturated heterocycles. The predicted octanol–water partition coefficient (Wildman–Crippen LogP) is 1.15. The zero-order chi connectivity index (χ0) is 7.45. The van der Waals surface area contributed by atoms with E-state index in [1.165, 1.54) is 7.11 Å². The molecule has 0 radical (unpaired) electrons. The molecule has 1 fully saturated rings. The average Bonchev–Trinajstić information content (AvgIpc) is 1.89. The molecule has 0 aromatic carbocycles. The highest BCUT2D eigenvalue weighted by Gasteiger charge is 2.31. The van der Waals surface area contributed by atoms with Crippen molar-refractivity contribution in [2.75, 3.05) is 26.9 Å². The Kier molecular flexibility index (Phi) is 2.63. The molecule has 0 N–H and O–H groups in total. The summed E-state index contributed by atoms with van der Waals surface area (Å²) in [5, 5.41) is 0. The molecular weight excluding hydrogens is 135 g/mol. The van der Waals surface area contributed by atoms with Crippen LogP contribution in [0.2, 0.25) is 0 Å². The normalized spacial score (nSPS) is 24.6. The molecule has 0 atom stereocenters. The molecule has 0 saturated carbocycles. The molecule has 0 spiro atoms. The smallest absolute Gasteiger partial charge is 0.138 e. The van der Waals surface area contributed by atoms with E-state index in [-0.39, 0.29) is 6.61 Å². The van der Waals surface area contributed by atoms with Gasteiger partial charge in [-0.25, -0.2) is 4.39 Å². The first-order valence-electron chi connectivity index (χ1n) is 3.52. The predicted molar refractivity (Wildman–Crippen MR) is 35.8 cm³/mol. The van der Waals surface area contributed by atoms with Crippen LogP contribution in [0.4, 0.5) is 4.39 Å². The van der Waals surface area contributed by atoms with E-state index in [1.807, 2.05) is 0 Å². The maximum Gasteiger partial charge on any atom is 0.138 e. The van der Waals surface area contributed by atoms with Gasteiger partial charge in [0.1, 0.15) is 5.67 Å². The molecule has 0 aliphatic carbocycles. The second kappa shape index (κ2) is 3.30. The lowest BCUT2D eigenvalue weighted by Gasteiger charge is -2.28. The molecule has 3 heteroatoms. The van der Waals surface area contributed by atoms with Crippen LogP contribution in [0, 0.1) is 0 Å². The lowest BCUT2D eigenvalue weighted by atomic mass is 9.98. The van der Waals surface area contributed by atoms with Crippen molar-refractivity contribution >= 4 is 0 Å². The second-order valence-corrected chi connectivity index (χ2v) is 2.70. The lowest BCUT2D eigenvalue weighted by Crippen LogP contribution is -2.35. The maximum absolute atomic E-state index is 13.4. The molecule has 0 aromatic rings. The van der Waals surface area contributed by atoms with Crippen molar-refractivity contribution in [2.24, 2.45) is 0 Å². The van der Waals surface area contributed by atoms with Gasteiger partial charge in [0.05, 0.1) is 6.61 Å². The minimum atomic E-state index is -1.12. The highest BCUT2D eigenvalue weighted by Crippen LogP contribution is 2.24. The molecule has 0 unspecified atom stereocenters. The summed E-state index contributed by atoms with van der Waals surface area (Å²) >= 11 is 0. The third kappa shape index (κ3) is 1.92. The van der Waals surface area contributed by atoms with Crippen molar-refractivity contribution in [3.05, 3.63) is 0 Å². The Morgan fingerprint density at radius 1 is 1.50 bits per heavy atom. The van der Waals surface area contributed by atoms with Gasteiger partial charge in [0.15, 0.2) is 0 Å². The summed E-state index contributed by atoms with van der Waals surface area (Å²) in [6, 6.07) is 0. The zero-order valence-electron chi connectivity index (χ0n) is 6.23. The van der Waals surface area contributed by atoms with Crippen molar-refractivity contribution in [1.29, 1.82) is 0 Å². The van der Waals surface area contributed by atoms with Crippen molar-refractivity contribution in [2.45, 2.75) is 18.5 Å². The van der Waals surface area contributed by atoms with Crippen LogP contribution in [0.15, 0.2) is 0 Å². The van der Waals surface area contributed by atoms with Gasteiger partial charge in [-0.05, 0) is 0 Å². The first-order valence-corrected chi connectivity index (χ1v) is 3.52. The van der Waals surface area contributed by atoms with Crippen molar-refractivity contribution in [1.82, 2.24) is 0 Å². The van der Waals surface area contributed by atoms with E-state index in [0.29, 0.717) is 26.1 Å². The van der Waals surface area contributed by atoms with Gasteiger partial charge in [-0.3, -0.25) is 0 Å². The molecule has 60 valence electrons. The quantitative estimate of drug-likeness (QED) is 0.585. The fraction of sp³-hybridized carbons (Fsp3) is 1.00. The first-order chi connectivity index (χ1) is 4.77. The van der Waals surface area contributed by atoms with Gasteiger partial charge < -0.3 is 9.47 Å². The standard InChI is InChI=1S/C7H13FO2/c1-9-6-7(8)2-4-10-5-3-7/h2-6H2,1H3. The number of hydrogen-bond donors (Lipinski definition) is 0. The molecule has 0 amide bonds. The summed E-state index contributed by atoms with van der Waals surface area (Å²) in [4.78, 5) is 0. The molecule has 0 aromatic heterocycles. The van der Waals surface area contributed by atoms with Gasteiger partial charge in [0.2, 0.25) is 0 Å². The number of alkyl halides is 1. The molecule has 2 nitrogen and oxygen atoms in total. The minimum absolute atomic E-state index is 0.205. The van der Waals surface area contributed by atoms with Crippen molar-refractivity contribution < 1.29 is 13.9 Å². The summed E-state index contributed by atoms with van der Waals surface area (Å²) in [6.45, 7) is 1.26. The molecule has 0 bridgehead atoms. The van der Waals surface area contributed by atoms with Gasteiger partial charge in [0, 0.05) is 33.2 Å². The lowest BCUT2D eigenvalue weighted by molar-refractivity contribution is -0.0483. The number of ether oxygens (including phenoxy) is 2. The van der Waals surface area contributed by atoms with Crippen LogP contribution in [-0.4, -0.2) is 32.6 Å². The topological polar surface area (TPSA) is 18.5 Å². The summed E-state index contributed by atoms with van der Waals surface area (Å²) in [6.07, 6.45) is 0.946. The summed E-state index contributed by atoms with van der Waals surface area (Å²) in [5.41, 5.74) is -1.12. The first kappa shape index (κ1) is 7.95. The van der Waals surface area contributed by atoms with Gasteiger partial charge in [-0.1, -0.05) is 0 Å². The number of methoxy groups -OCH3 is 1. The van der Waals surface area contributed by atoms with Gasteiger partial charge >= 0.3 is 0 Å². The Hall–Kier alpha value is -0.150. The highest BCUT2D eigenvalue weighted by atomic mass is 19.1. The molecule has 1 rings (SSSR count). The minimum Gasteiger partial charge on any atom is -0.381 e. The van der Waals surface area contributed by atoms with Crippen LogP contribution >= 0.6 is 0 Å². The van der Waals surface area contributed by atoms with E-state index in [4.69, 9.17) is 9.47 Å². The summed E-state index contributed by atoms with van der Waals surface area (Å²) in [7, 11) is 1.52. The zero-order valence-corrected chi connectivity index (χ0v) is 6.23. The number of hydrogen-bond acceptors (Lipinski definition) is 2. The van der Waals surface area contributed by atoms with Crippen molar-refractivity contribution in [3.8, 4) is 0 Å². The summed E-state index contributed by atoms with van der Waals surface area (Å²) in [5.74, 6) is 0. The Morgan fingerprint density at radius 3 is 2.60 bits per heavy atom. The molecule has 1 aliphatic heterocycles. The van der Waals surface area contributed by atoms with E-state index in [2.05, 4.69) is 0 Å². The van der Waals surface area contributed by atoms with E-state index in [0.717, 1.165) is 0 Å². The third-order valence-corrected chi connectivity index (χ3v) is 1.79. The van der Waals surface area contributed by atoms with Crippen LogP contribution in [0.25, 0.3) is 0 Å². The Labute approximate surface area is 60.3 Å².